The number of aliphatic carboxylic acids is 1. The van der Waals surface area contributed by atoms with Gasteiger partial charge in [0.15, 0.2) is 6.61 Å². The average molecular weight is 1490 g/mol. The number of pyridine rings is 1. The number of nitrogens with one attached hydrogen (secondary N) is 5. The van der Waals surface area contributed by atoms with E-state index >= 15 is 4.79 Å². The summed E-state index contributed by atoms with van der Waals surface area (Å²) in [4.78, 5) is 146. The van der Waals surface area contributed by atoms with Crippen molar-refractivity contribution < 1.29 is 67.9 Å². The maximum atomic E-state index is 15.5. The zero-order chi connectivity index (χ0) is 71.0. The first-order valence-corrected chi connectivity index (χ1v) is 37.3. The van der Waals surface area contributed by atoms with Gasteiger partial charge in [0.25, 0.3) is 29.5 Å². The lowest BCUT2D eigenvalue weighted by Gasteiger charge is -2.29. The number of fused-ring (bicyclic) bond motifs is 16. The van der Waals surface area contributed by atoms with E-state index in [0.29, 0.717) is 109 Å². The van der Waals surface area contributed by atoms with E-state index in [1.165, 1.54) is 49.7 Å². The number of rotatable bonds is 19. The number of hydrogen-bond donors (Lipinski definition) is 9. The van der Waals surface area contributed by atoms with E-state index in [2.05, 4.69) is 41.5 Å². The van der Waals surface area contributed by atoms with Crippen LogP contribution in [-0.4, -0.2) is 167 Å². The summed E-state index contributed by atoms with van der Waals surface area (Å²) in [5.74, 6) is -5.89. The van der Waals surface area contributed by atoms with Crippen molar-refractivity contribution in [3.63, 3.8) is 0 Å². The summed E-state index contributed by atoms with van der Waals surface area (Å²) < 4.78 is 16.2. The summed E-state index contributed by atoms with van der Waals surface area (Å²) >= 11 is 6.84. The number of carboxylic acids is 1. The van der Waals surface area contributed by atoms with Gasteiger partial charge >= 0.3 is 5.97 Å². The van der Waals surface area contributed by atoms with Gasteiger partial charge in [-0.2, -0.15) is 0 Å². The van der Waals surface area contributed by atoms with Gasteiger partial charge in [-0.1, -0.05) is 49.4 Å². The molecule has 1 saturated carbocycles. The second kappa shape index (κ2) is 32.2. The first-order chi connectivity index (χ1) is 48.7. The Morgan fingerprint density at radius 1 is 0.693 bits per heavy atom. The second-order valence-electron chi connectivity index (χ2n) is 24.1. The zero-order valence-electron chi connectivity index (χ0n) is 54.4. The molecule has 7 amide bonds. The van der Waals surface area contributed by atoms with E-state index in [1.807, 2.05) is 6.92 Å². The number of aliphatic hydroxyl groups excluding tert-OH is 2. The number of primary amides is 1. The molecular weight excluding hydrogens is 1420 g/mol. The predicted octanol–water partition coefficient (Wildman–Crippen LogP) is 7.11. The second-order valence-corrected chi connectivity index (χ2v) is 29.7. The van der Waals surface area contributed by atoms with Gasteiger partial charge in [-0.05, 0) is 68.0 Å². The SMILES string of the molecule is COCCOCCNC(=O)COc1ccc(C[C@@H]2NC(=O)c3csc(n3)C([C@H](O)c3ccccc3)NC(=O)c3nc(sc3C)[C@H](CC(N)=O)NC(=O)c3csc(n3)-c3ccc(-c4nc(C(=O)N[C@H]5CC[C@H](C(=O)O)CC5)cs4)nc3-c3csc(n3)-c3csc(n3)[C@@H]3[C@@H](C)[C@@H](O)CN3C2=O)cc1. The fraction of sp³-hybridized carbons (Fsp3) is 0.358. The first-order valence-electron chi connectivity index (χ1n) is 32.0. The fourth-order valence-electron chi connectivity index (χ4n) is 11.8. The molecule has 12 rings (SSSR count). The Hall–Kier alpha value is -9.23. The molecule has 10 bridgehead atoms. The van der Waals surface area contributed by atoms with E-state index in [4.69, 9.17) is 39.9 Å². The number of aliphatic hydroxyl groups is 2. The summed E-state index contributed by atoms with van der Waals surface area (Å²) in [7, 11) is 1.56. The van der Waals surface area contributed by atoms with Gasteiger partial charge in [-0.25, -0.2) is 34.9 Å². The smallest absolute Gasteiger partial charge is 0.306 e. The molecule has 7 aromatic heterocycles. The minimum atomic E-state index is -1.44. The minimum absolute atomic E-state index is 0.0407. The summed E-state index contributed by atoms with van der Waals surface area (Å²) in [5, 5.41) is 57.8. The Morgan fingerprint density at radius 3 is 2.12 bits per heavy atom. The molecular formula is C67H68N14O14S6. The highest BCUT2D eigenvalue weighted by molar-refractivity contribution is 7.15. The number of ether oxygens (including phenoxy) is 3. The molecule has 10 N–H and O–H groups in total. The standard InChI is InChI=1S/C67H68N14O14S6/c1-32-48(82)25-81-54(32)65-78-47(31-100-65)62-74-43(27-97-62)52-39(17-18-40(71-52)61-76-44(29-98-61)56(86)70-37-13-11-36(12-14-37)67(91)92)60-75-45(28-96-60)57(87)72-41(24-49(68)83)63-80-51(33(2)101-63)59(89)79-53(55(85)35-7-5-4-6-8-35)64-77-46(30-99-64)58(88)73-42(66(81)90)23-34-9-15-38(16-10-34)95-26-50(84)69-19-20-94-22-21-93-3/h4-10,15-18,27-32,36-37,41-42,48,53-55,82,85H,11-14,19-26H2,1-3H3,(H2,68,83)(H,69,84)(H,70,86)(H,72,87)(H,73,88)(H,79,89)(H,91,92)/t32-,36-,37-,41-,42-,48-,53?,54-,55+/m0/s1. The molecule has 2 fully saturated rings. The highest BCUT2D eigenvalue weighted by atomic mass is 32.1. The number of carbonyl (C=O) groups excluding carboxylic acids is 7. The van der Waals surface area contributed by atoms with E-state index in [0.717, 1.165) is 34.0 Å². The lowest BCUT2D eigenvalue weighted by atomic mass is 9.86. The number of carboxylic acid groups (broad SMARTS) is 1. The summed E-state index contributed by atoms with van der Waals surface area (Å²) in [6.45, 7) is 4.37. The molecule has 3 aliphatic rings. The molecule has 7 atom stereocenters. The van der Waals surface area contributed by atoms with Crippen LogP contribution in [0.3, 0.4) is 0 Å². The van der Waals surface area contributed by atoms with E-state index in [9.17, 15) is 48.9 Å². The van der Waals surface area contributed by atoms with Crippen LogP contribution in [0.1, 0.15) is 136 Å². The number of nitrogens with zero attached hydrogens (tertiary/aromatic N) is 8. The molecule has 9 heterocycles. The maximum Gasteiger partial charge on any atom is 0.306 e. The molecule has 2 aromatic carbocycles. The summed E-state index contributed by atoms with van der Waals surface area (Å²) in [6, 6.07) is 13.8. The Kier molecular flexibility index (Phi) is 22.8. The molecule has 0 radical (unpaired) electrons. The fourth-order valence-corrected chi connectivity index (χ4v) is 17.1. The third-order valence-corrected chi connectivity index (χ3v) is 22.7. The Morgan fingerprint density at radius 2 is 1.37 bits per heavy atom. The van der Waals surface area contributed by atoms with Crippen molar-refractivity contribution in [2.75, 3.05) is 46.6 Å². The van der Waals surface area contributed by atoms with Crippen LogP contribution in [0, 0.1) is 18.8 Å². The number of carbonyl (C=O) groups is 8. The Labute approximate surface area is 601 Å². The lowest BCUT2D eigenvalue weighted by molar-refractivity contribution is -0.143. The largest absolute Gasteiger partial charge is 0.484 e. The lowest BCUT2D eigenvalue weighted by Crippen LogP contribution is -2.50. The van der Waals surface area contributed by atoms with Crippen molar-refractivity contribution >= 4 is 115 Å². The number of aromatic nitrogens is 7. The summed E-state index contributed by atoms with van der Waals surface area (Å²) in [6.07, 6.45) is -1.04. The van der Waals surface area contributed by atoms with Gasteiger partial charge < -0.3 is 66.7 Å². The minimum Gasteiger partial charge on any atom is -0.484 e. The summed E-state index contributed by atoms with van der Waals surface area (Å²) in [5.41, 5.74) is 8.60. The number of methoxy groups -OCH3 is 1. The van der Waals surface area contributed by atoms with Crippen LogP contribution in [-0.2, 0) is 35.1 Å². The highest BCUT2D eigenvalue weighted by Gasteiger charge is 2.46. The van der Waals surface area contributed by atoms with Gasteiger partial charge in [0.1, 0.15) is 93.8 Å². The quantitative estimate of drug-likeness (QED) is 0.0364. The van der Waals surface area contributed by atoms with Gasteiger partial charge in [-0.15, -0.1) is 68.0 Å². The zero-order valence-corrected chi connectivity index (χ0v) is 59.3. The van der Waals surface area contributed by atoms with Gasteiger partial charge in [0.2, 0.25) is 11.8 Å². The van der Waals surface area contributed by atoms with Crippen molar-refractivity contribution in [2.24, 2.45) is 17.6 Å². The molecule has 1 unspecified atom stereocenters. The van der Waals surface area contributed by atoms with Crippen molar-refractivity contribution in [1.29, 1.82) is 0 Å². The van der Waals surface area contributed by atoms with E-state index in [-0.39, 0.29) is 77.5 Å². The maximum absolute atomic E-state index is 15.5. The Bertz CT molecular complexity index is 4510. The van der Waals surface area contributed by atoms with Crippen molar-refractivity contribution in [3.05, 3.63) is 147 Å². The van der Waals surface area contributed by atoms with Gasteiger partial charge in [0, 0.05) is 75.9 Å². The number of aryl methyl sites for hydroxylation is 1. The molecule has 0 spiro atoms. The molecule has 9 aromatic rings. The molecule has 101 heavy (non-hydrogen) atoms. The number of benzene rings is 2. The van der Waals surface area contributed by atoms with E-state index in [1.54, 1.807) is 96.9 Å². The monoisotopic (exact) mass is 1480 g/mol. The third kappa shape index (κ3) is 16.9. The predicted molar refractivity (Wildman–Crippen MR) is 376 cm³/mol. The van der Waals surface area contributed by atoms with Crippen LogP contribution in [0.25, 0.3) is 43.4 Å². The molecule has 1 aliphatic carbocycles. The normalized spacial score (nSPS) is 20.6. The molecule has 1 saturated heterocycles. The first kappa shape index (κ1) is 71.6. The Balaban J connectivity index is 0.898. The third-order valence-electron chi connectivity index (χ3n) is 17.2. The van der Waals surface area contributed by atoms with Crippen molar-refractivity contribution in [3.8, 4) is 49.1 Å². The number of hydrogen-bond acceptors (Lipinski definition) is 26. The van der Waals surface area contributed by atoms with Crippen LogP contribution >= 0.6 is 68.0 Å². The molecule has 2 aliphatic heterocycles. The molecule has 34 heteroatoms. The molecule has 28 nitrogen and oxygen atoms in total. The van der Waals surface area contributed by atoms with Crippen LogP contribution in [0.4, 0.5) is 0 Å². The van der Waals surface area contributed by atoms with Gasteiger partial charge in [-0.3, -0.25) is 38.4 Å². The van der Waals surface area contributed by atoms with Crippen molar-refractivity contribution in [2.45, 2.75) is 94.8 Å². The number of amides is 7. The van der Waals surface area contributed by atoms with Crippen LogP contribution in [0.5, 0.6) is 5.75 Å². The number of nitrogens with two attached hydrogens (primary N) is 1. The molecule has 526 valence electrons. The van der Waals surface area contributed by atoms with Crippen LogP contribution < -0.4 is 37.1 Å². The van der Waals surface area contributed by atoms with Crippen LogP contribution in [0.15, 0.2) is 93.6 Å². The highest BCUT2D eigenvalue weighted by Crippen LogP contribution is 2.43. The number of thiazole rings is 6. The van der Waals surface area contributed by atoms with Crippen molar-refractivity contribution in [1.82, 2.24) is 66.4 Å². The topological polar surface area (TPSA) is 405 Å². The average Bonchev–Trinajstić information content (AvgIpc) is 1.53. The van der Waals surface area contributed by atoms with E-state index < -0.39 is 96.0 Å². The van der Waals surface area contributed by atoms with Crippen LogP contribution in [0.2, 0.25) is 0 Å². The van der Waals surface area contributed by atoms with Gasteiger partial charge in [0.05, 0.1) is 56.0 Å².